The fourth-order valence-corrected chi connectivity index (χ4v) is 3.94. The first-order chi connectivity index (χ1) is 15.3. The number of carbonyl (C=O) groups excluding carboxylic acids is 2. The van der Waals surface area contributed by atoms with E-state index in [0.29, 0.717) is 11.7 Å². The van der Waals surface area contributed by atoms with E-state index < -0.39 is 6.04 Å². The van der Waals surface area contributed by atoms with Crippen molar-refractivity contribution < 1.29 is 18.7 Å². The van der Waals surface area contributed by atoms with E-state index in [2.05, 4.69) is 19.2 Å². The molecule has 0 saturated heterocycles. The molecule has 0 unspecified atom stereocenters. The molecule has 1 aliphatic rings. The number of hydrogen-bond donors (Lipinski definition) is 1. The molecule has 1 aliphatic carbocycles. The Morgan fingerprint density at radius 1 is 1.03 bits per heavy atom. The number of amides is 2. The molecule has 0 heterocycles. The van der Waals surface area contributed by atoms with Gasteiger partial charge in [0.1, 0.15) is 17.6 Å². The van der Waals surface area contributed by atoms with Crippen LogP contribution in [0.2, 0.25) is 0 Å². The van der Waals surface area contributed by atoms with Crippen molar-refractivity contribution in [1.82, 2.24) is 10.2 Å². The van der Waals surface area contributed by atoms with E-state index in [-0.39, 0.29) is 36.8 Å². The minimum Gasteiger partial charge on any atom is -0.484 e. The zero-order valence-electron chi connectivity index (χ0n) is 19.1. The van der Waals surface area contributed by atoms with Crippen LogP contribution in [0.25, 0.3) is 0 Å². The maximum Gasteiger partial charge on any atom is 0.261 e. The third-order valence-corrected chi connectivity index (χ3v) is 6.04. The lowest BCUT2D eigenvalue weighted by Gasteiger charge is -2.29. The number of rotatable bonds is 9. The molecule has 0 spiro atoms. The molecule has 2 aromatic carbocycles. The van der Waals surface area contributed by atoms with Gasteiger partial charge >= 0.3 is 0 Å². The highest BCUT2D eigenvalue weighted by molar-refractivity contribution is 5.88. The van der Waals surface area contributed by atoms with E-state index in [1.54, 1.807) is 19.1 Å². The zero-order chi connectivity index (χ0) is 23.1. The molecule has 172 valence electrons. The van der Waals surface area contributed by atoms with Gasteiger partial charge in [0.05, 0.1) is 0 Å². The first-order valence-corrected chi connectivity index (χ1v) is 11.4. The second-order valence-corrected chi connectivity index (χ2v) is 8.83. The van der Waals surface area contributed by atoms with Crippen molar-refractivity contribution in [2.24, 2.45) is 0 Å². The van der Waals surface area contributed by atoms with Gasteiger partial charge in [0.25, 0.3) is 5.91 Å². The van der Waals surface area contributed by atoms with Crippen molar-refractivity contribution in [3.63, 3.8) is 0 Å². The Balaban J connectivity index is 1.68. The molecule has 1 saturated carbocycles. The second kappa shape index (κ2) is 11.1. The Kier molecular flexibility index (Phi) is 8.26. The number of benzene rings is 2. The molecule has 0 radical (unpaired) electrons. The lowest BCUT2D eigenvalue weighted by molar-refractivity contribution is -0.142. The largest absolute Gasteiger partial charge is 0.484 e. The third-order valence-electron chi connectivity index (χ3n) is 6.04. The van der Waals surface area contributed by atoms with E-state index in [1.807, 2.05) is 24.3 Å². The van der Waals surface area contributed by atoms with Crippen LogP contribution in [0, 0.1) is 5.82 Å². The van der Waals surface area contributed by atoms with Gasteiger partial charge in [-0.3, -0.25) is 9.59 Å². The normalized spacial score (nSPS) is 14.9. The Hall–Kier alpha value is -2.89. The number of halogens is 1. The van der Waals surface area contributed by atoms with Crippen LogP contribution in [0.5, 0.6) is 5.75 Å². The first-order valence-electron chi connectivity index (χ1n) is 11.4. The summed E-state index contributed by atoms with van der Waals surface area (Å²) in [7, 11) is 0. The molecule has 0 aliphatic heterocycles. The Morgan fingerprint density at radius 2 is 1.66 bits per heavy atom. The number of hydrogen-bond acceptors (Lipinski definition) is 3. The van der Waals surface area contributed by atoms with Gasteiger partial charge in [-0.1, -0.05) is 51.0 Å². The molecule has 1 atom stereocenters. The topological polar surface area (TPSA) is 58.6 Å². The highest BCUT2D eigenvalue weighted by Gasteiger charge is 2.28. The lowest BCUT2D eigenvalue weighted by atomic mass is 10.0. The summed E-state index contributed by atoms with van der Waals surface area (Å²) in [6, 6.07) is 13.1. The second-order valence-electron chi connectivity index (χ2n) is 8.83. The van der Waals surface area contributed by atoms with Crippen LogP contribution in [0.15, 0.2) is 48.5 Å². The summed E-state index contributed by atoms with van der Waals surface area (Å²) in [4.78, 5) is 27.5. The molecule has 32 heavy (non-hydrogen) atoms. The van der Waals surface area contributed by atoms with Crippen LogP contribution in [-0.4, -0.2) is 35.4 Å². The summed E-state index contributed by atoms with van der Waals surface area (Å²) >= 11 is 0. The van der Waals surface area contributed by atoms with Crippen LogP contribution >= 0.6 is 0 Å². The van der Waals surface area contributed by atoms with Gasteiger partial charge in [-0.2, -0.15) is 0 Å². The molecule has 1 N–H and O–H groups in total. The number of nitrogens with one attached hydrogen (secondary N) is 1. The molecule has 0 aromatic heterocycles. The van der Waals surface area contributed by atoms with Crippen molar-refractivity contribution >= 4 is 11.8 Å². The molecule has 2 amide bonds. The van der Waals surface area contributed by atoms with Gasteiger partial charge in [0.15, 0.2) is 6.61 Å². The quantitative estimate of drug-likeness (QED) is 0.609. The fraction of sp³-hybridized carbons (Fsp3) is 0.462. The fourth-order valence-electron chi connectivity index (χ4n) is 3.94. The SMILES string of the molecule is CC(C)c1ccc(OCC(=O)N(Cc2ccc(F)cc2)[C@H](C)C(=O)NC2CCCC2)cc1. The number of nitrogens with zero attached hydrogens (tertiary/aromatic N) is 1. The highest BCUT2D eigenvalue weighted by atomic mass is 19.1. The van der Waals surface area contributed by atoms with Crippen molar-refractivity contribution in [1.29, 1.82) is 0 Å². The van der Waals surface area contributed by atoms with Gasteiger partial charge in [0.2, 0.25) is 5.91 Å². The van der Waals surface area contributed by atoms with Crippen LogP contribution < -0.4 is 10.1 Å². The number of ether oxygens (including phenoxy) is 1. The van der Waals surface area contributed by atoms with Crippen molar-refractivity contribution in [3.8, 4) is 5.75 Å². The molecule has 5 nitrogen and oxygen atoms in total. The summed E-state index contributed by atoms with van der Waals surface area (Å²) < 4.78 is 19.0. The third kappa shape index (κ3) is 6.55. The lowest BCUT2D eigenvalue weighted by Crippen LogP contribution is -2.50. The summed E-state index contributed by atoms with van der Waals surface area (Å²) in [5.41, 5.74) is 1.94. The summed E-state index contributed by atoms with van der Waals surface area (Å²) in [5.74, 6) is 0.209. The molecule has 6 heteroatoms. The minimum absolute atomic E-state index is 0.170. The van der Waals surface area contributed by atoms with E-state index in [0.717, 1.165) is 31.2 Å². The first kappa shape index (κ1) is 23.8. The Labute approximate surface area is 190 Å². The van der Waals surface area contributed by atoms with Crippen LogP contribution in [0.4, 0.5) is 4.39 Å². The van der Waals surface area contributed by atoms with Crippen molar-refractivity contribution in [2.45, 2.75) is 71.0 Å². The van der Waals surface area contributed by atoms with Gasteiger partial charge in [-0.15, -0.1) is 0 Å². The van der Waals surface area contributed by atoms with Gasteiger partial charge in [-0.25, -0.2) is 4.39 Å². The van der Waals surface area contributed by atoms with Crippen molar-refractivity contribution in [3.05, 3.63) is 65.5 Å². The summed E-state index contributed by atoms with van der Waals surface area (Å²) in [6.07, 6.45) is 4.17. The molecular formula is C26H33FN2O3. The van der Waals surface area contributed by atoms with Gasteiger partial charge in [0, 0.05) is 12.6 Å². The smallest absolute Gasteiger partial charge is 0.261 e. The Morgan fingerprint density at radius 3 is 2.25 bits per heavy atom. The van der Waals surface area contributed by atoms with Crippen LogP contribution in [0.1, 0.15) is 63.5 Å². The summed E-state index contributed by atoms with van der Waals surface area (Å²) in [6.45, 7) is 5.98. The van der Waals surface area contributed by atoms with Crippen LogP contribution in [0.3, 0.4) is 0 Å². The maximum absolute atomic E-state index is 13.3. The maximum atomic E-state index is 13.3. The van der Waals surface area contributed by atoms with Crippen molar-refractivity contribution in [2.75, 3.05) is 6.61 Å². The van der Waals surface area contributed by atoms with Crippen LogP contribution in [-0.2, 0) is 16.1 Å². The van der Waals surface area contributed by atoms with Gasteiger partial charge < -0.3 is 15.0 Å². The van der Waals surface area contributed by atoms with E-state index >= 15 is 0 Å². The van der Waals surface area contributed by atoms with Gasteiger partial charge in [-0.05, 0) is 61.1 Å². The average molecular weight is 441 g/mol. The van der Waals surface area contributed by atoms with E-state index in [9.17, 15) is 14.0 Å². The molecule has 0 bridgehead atoms. The molecular weight excluding hydrogens is 407 g/mol. The zero-order valence-corrected chi connectivity index (χ0v) is 19.1. The molecule has 3 rings (SSSR count). The highest BCUT2D eigenvalue weighted by Crippen LogP contribution is 2.20. The monoisotopic (exact) mass is 440 g/mol. The molecule has 1 fully saturated rings. The predicted octanol–water partition coefficient (Wildman–Crippen LogP) is 4.80. The number of carbonyl (C=O) groups is 2. The molecule has 2 aromatic rings. The Bertz CT molecular complexity index is 890. The summed E-state index contributed by atoms with van der Waals surface area (Å²) in [5, 5.41) is 3.07. The minimum atomic E-state index is -0.667. The standard InChI is InChI=1S/C26H33FN2O3/c1-18(2)21-10-14-24(15-11-21)32-17-25(30)29(16-20-8-12-22(27)13-9-20)19(3)26(31)28-23-6-4-5-7-23/h8-15,18-19,23H,4-7,16-17H2,1-3H3,(H,28,31)/t19-/m1/s1. The van der Waals surface area contributed by atoms with E-state index in [1.165, 1.54) is 22.6 Å². The predicted molar refractivity (Wildman–Crippen MR) is 123 cm³/mol. The van der Waals surface area contributed by atoms with E-state index in [4.69, 9.17) is 4.74 Å². The average Bonchev–Trinajstić information content (AvgIpc) is 3.30.